The van der Waals surface area contributed by atoms with Crippen molar-refractivity contribution >= 4 is 16.9 Å². The van der Waals surface area contributed by atoms with Crippen LogP contribution in [-0.2, 0) is 6.54 Å². The first-order valence-electron chi connectivity index (χ1n) is 11.3. The Balaban J connectivity index is 1.80. The van der Waals surface area contributed by atoms with Gasteiger partial charge in [0.25, 0.3) is 11.5 Å². The molecule has 1 aliphatic rings. The average molecular weight is 446 g/mol. The zero-order valence-corrected chi connectivity index (χ0v) is 19.3. The summed E-state index contributed by atoms with van der Waals surface area (Å²) in [6.07, 6.45) is -0.172. The van der Waals surface area contributed by atoms with Crippen molar-refractivity contribution in [1.29, 1.82) is 0 Å². The summed E-state index contributed by atoms with van der Waals surface area (Å²) in [4.78, 5) is 35.0. The lowest BCUT2D eigenvalue weighted by Crippen LogP contribution is -2.47. The third-order valence-electron chi connectivity index (χ3n) is 6.23. The zero-order valence-electron chi connectivity index (χ0n) is 19.3. The van der Waals surface area contributed by atoms with Crippen molar-refractivity contribution in [1.82, 2.24) is 24.7 Å². The Morgan fingerprint density at radius 3 is 2.50 bits per heavy atom. The van der Waals surface area contributed by atoms with Crippen LogP contribution in [0.25, 0.3) is 11.0 Å². The van der Waals surface area contributed by atoms with Crippen LogP contribution in [0.15, 0.2) is 16.9 Å². The topological polar surface area (TPSA) is 111 Å². The van der Waals surface area contributed by atoms with E-state index < -0.39 is 17.6 Å². The van der Waals surface area contributed by atoms with Crippen LogP contribution in [0.4, 0.5) is 0 Å². The van der Waals surface area contributed by atoms with E-state index >= 15 is 0 Å². The number of aliphatic hydroxyl groups excluding tert-OH is 2. The fourth-order valence-corrected chi connectivity index (χ4v) is 3.92. The molecule has 32 heavy (non-hydrogen) atoms. The summed E-state index contributed by atoms with van der Waals surface area (Å²) in [5, 5.41) is 21.9. The number of likely N-dealkylation sites (N-methyl/N-ethyl adjacent to an activating group) is 1. The highest BCUT2D eigenvalue weighted by atomic mass is 16.3. The summed E-state index contributed by atoms with van der Waals surface area (Å²) in [5.41, 5.74) is 2.67. The van der Waals surface area contributed by atoms with Gasteiger partial charge in [-0.15, -0.1) is 0 Å². The number of aromatic nitrogens is 2. The van der Waals surface area contributed by atoms with E-state index in [1.165, 1.54) is 4.57 Å². The summed E-state index contributed by atoms with van der Waals surface area (Å²) in [7, 11) is 2.10. The molecule has 1 amide bonds. The lowest BCUT2D eigenvalue weighted by Gasteiger charge is -2.32. The molecular weight excluding hydrogens is 410 g/mol. The molecule has 0 bridgehead atoms. The molecule has 2 heterocycles. The summed E-state index contributed by atoms with van der Waals surface area (Å²) < 4.78 is 1.52. The molecule has 9 nitrogen and oxygen atoms in total. The maximum absolute atomic E-state index is 13.2. The van der Waals surface area contributed by atoms with E-state index in [1.807, 2.05) is 26.0 Å². The molecule has 1 aromatic carbocycles. The minimum Gasteiger partial charge on any atom is -0.396 e. The third-order valence-corrected chi connectivity index (χ3v) is 6.23. The number of nitrogens with zero attached hydrogens (tertiary/aromatic N) is 4. The highest BCUT2D eigenvalue weighted by molar-refractivity contribution is 5.94. The largest absolute Gasteiger partial charge is 0.396 e. The van der Waals surface area contributed by atoms with Crippen LogP contribution in [-0.4, -0.2) is 94.5 Å². The molecule has 0 aliphatic carbocycles. The van der Waals surface area contributed by atoms with E-state index in [2.05, 4.69) is 27.1 Å². The number of hydrogen-bond donors (Lipinski definition) is 3. The van der Waals surface area contributed by atoms with Crippen LogP contribution in [0.3, 0.4) is 0 Å². The van der Waals surface area contributed by atoms with Gasteiger partial charge in [-0.2, -0.15) is 0 Å². The van der Waals surface area contributed by atoms with E-state index in [0.717, 1.165) is 43.9 Å². The smallest absolute Gasteiger partial charge is 0.282 e. The molecular formula is C23H35N5O4. The average Bonchev–Trinajstić information content (AvgIpc) is 2.75. The van der Waals surface area contributed by atoms with Crippen molar-refractivity contribution in [3.05, 3.63) is 39.3 Å². The highest BCUT2D eigenvalue weighted by Crippen LogP contribution is 2.18. The van der Waals surface area contributed by atoms with Crippen molar-refractivity contribution in [3.63, 3.8) is 0 Å². The Bertz CT molecular complexity index is 998. The first-order valence-corrected chi connectivity index (χ1v) is 11.3. The number of piperazine rings is 1. The van der Waals surface area contributed by atoms with Crippen LogP contribution in [0, 0.1) is 13.8 Å². The molecule has 1 aliphatic heterocycles. The van der Waals surface area contributed by atoms with E-state index in [4.69, 9.17) is 5.11 Å². The van der Waals surface area contributed by atoms with Crippen LogP contribution in [0.2, 0.25) is 0 Å². The molecule has 1 atom stereocenters. The van der Waals surface area contributed by atoms with Gasteiger partial charge in [-0.05, 0) is 57.0 Å². The molecule has 2 aromatic rings. The number of carbonyl (C=O) groups excluding carboxylic acids is 1. The van der Waals surface area contributed by atoms with Gasteiger partial charge in [0, 0.05) is 52.4 Å². The molecule has 3 N–H and O–H groups in total. The summed E-state index contributed by atoms with van der Waals surface area (Å²) in [6, 6.07) is 3.78. The standard InChI is InChI=1S/C23H35N5O4/c1-16-14-19-20(15-17(16)2)28(7-4-18(30)5-13-29)23(32)21(25-19)22(31)24-6-8-27-11-9-26(3)10-12-27/h14-15,18,29-30H,4-13H2,1-3H3,(H,24,31). The maximum atomic E-state index is 13.2. The number of fused-ring (bicyclic) bond motifs is 1. The molecule has 3 rings (SSSR count). The Hall–Kier alpha value is -2.33. The number of aliphatic hydroxyl groups is 2. The molecule has 1 aromatic heterocycles. The fraction of sp³-hybridized carbons (Fsp3) is 0.609. The number of nitrogens with one attached hydrogen (secondary N) is 1. The molecule has 0 spiro atoms. The number of carbonyl (C=O) groups is 1. The Labute approximate surface area is 188 Å². The van der Waals surface area contributed by atoms with Crippen molar-refractivity contribution in [2.75, 3.05) is 52.9 Å². The van der Waals surface area contributed by atoms with E-state index in [9.17, 15) is 14.7 Å². The lowest BCUT2D eigenvalue weighted by molar-refractivity contribution is 0.0934. The van der Waals surface area contributed by atoms with Gasteiger partial charge in [-0.1, -0.05) is 0 Å². The van der Waals surface area contributed by atoms with Crippen molar-refractivity contribution < 1.29 is 15.0 Å². The zero-order chi connectivity index (χ0) is 23.3. The van der Waals surface area contributed by atoms with Gasteiger partial charge in [0.2, 0.25) is 0 Å². The summed E-state index contributed by atoms with van der Waals surface area (Å²) >= 11 is 0. The molecule has 0 radical (unpaired) electrons. The number of benzene rings is 1. The van der Waals surface area contributed by atoms with Crippen molar-refractivity contribution in [2.45, 2.75) is 39.3 Å². The molecule has 176 valence electrons. The fourth-order valence-electron chi connectivity index (χ4n) is 3.92. The van der Waals surface area contributed by atoms with Crippen molar-refractivity contribution in [3.8, 4) is 0 Å². The maximum Gasteiger partial charge on any atom is 0.282 e. The van der Waals surface area contributed by atoms with Gasteiger partial charge in [0.1, 0.15) is 0 Å². The van der Waals surface area contributed by atoms with Gasteiger partial charge in [0.05, 0.1) is 17.1 Å². The minimum atomic E-state index is -0.720. The minimum absolute atomic E-state index is 0.119. The number of aryl methyl sites for hydroxylation is 3. The SMILES string of the molecule is Cc1cc2nc(C(=O)NCCN3CCN(C)CC3)c(=O)n(CCC(O)CCO)c2cc1C. The van der Waals surface area contributed by atoms with Crippen LogP contribution in [0.5, 0.6) is 0 Å². The van der Waals surface area contributed by atoms with Crippen molar-refractivity contribution in [2.24, 2.45) is 0 Å². The summed E-state index contributed by atoms with van der Waals surface area (Å²) in [6.45, 7) is 9.16. The van der Waals surface area contributed by atoms with Gasteiger partial charge >= 0.3 is 0 Å². The quantitative estimate of drug-likeness (QED) is 0.503. The monoisotopic (exact) mass is 445 g/mol. The van der Waals surface area contributed by atoms with Crippen LogP contribution >= 0.6 is 0 Å². The molecule has 9 heteroatoms. The predicted octanol–water partition coefficient (Wildman–Crippen LogP) is 0.124. The third kappa shape index (κ3) is 5.92. The first kappa shape index (κ1) is 24.3. The van der Waals surface area contributed by atoms with E-state index in [-0.39, 0.29) is 25.3 Å². The Morgan fingerprint density at radius 2 is 1.81 bits per heavy atom. The van der Waals surface area contributed by atoms with E-state index in [1.54, 1.807) is 0 Å². The number of amides is 1. The first-order chi connectivity index (χ1) is 15.3. The second kappa shape index (κ2) is 11.0. The number of rotatable bonds is 9. The molecule has 1 unspecified atom stereocenters. The van der Waals surface area contributed by atoms with Gasteiger partial charge in [0.15, 0.2) is 5.69 Å². The lowest BCUT2D eigenvalue weighted by atomic mass is 10.1. The second-order valence-electron chi connectivity index (χ2n) is 8.70. The Kier molecular flexibility index (Phi) is 8.36. The van der Waals surface area contributed by atoms with E-state index in [0.29, 0.717) is 24.0 Å². The number of hydrogen-bond acceptors (Lipinski definition) is 7. The van der Waals surface area contributed by atoms with Crippen LogP contribution < -0.4 is 10.9 Å². The molecule has 1 saturated heterocycles. The van der Waals surface area contributed by atoms with Gasteiger partial charge in [-0.3, -0.25) is 14.5 Å². The molecule has 1 fully saturated rings. The molecule has 0 saturated carbocycles. The second-order valence-corrected chi connectivity index (χ2v) is 8.70. The predicted molar refractivity (Wildman–Crippen MR) is 124 cm³/mol. The normalized spacial score (nSPS) is 16.4. The van der Waals surface area contributed by atoms with Gasteiger partial charge < -0.3 is 25.0 Å². The van der Waals surface area contributed by atoms with Gasteiger partial charge in [-0.25, -0.2) is 4.98 Å². The highest BCUT2D eigenvalue weighted by Gasteiger charge is 2.20. The Morgan fingerprint density at radius 1 is 1.12 bits per heavy atom. The summed E-state index contributed by atoms with van der Waals surface area (Å²) in [5.74, 6) is -0.478. The van der Waals surface area contributed by atoms with Crippen LogP contribution in [0.1, 0.15) is 34.5 Å².